The van der Waals surface area contributed by atoms with Gasteiger partial charge in [-0.1, -0.05) is 20.8 Å². The van der Waals surface area contributed by atoms with Gasteiger partial charge in [-0.25, -0.2) is 4.79 Å². The van der Waals surface area contributed by atoms with Crippen molar-refractivity contribution in [3.8, 4) is 0 Å². The summed E-state index contributed by atoms with van der Waals surface area (Å²) in [6.07, 6.45) is 1.59. The molecule has 1 aromatic heterocycles. The van der Waals surface area contributed by atoms with E-state index in [0.29, 0.717) is 19.6 Å². The zero-order chi connectivity index (χ0) is 17.9. The van der Waals surface area contributed by atoms with Gasteiger partial charge < -0.3 is 15.3 Å². The Kier molecular flexibility index (Phi) is 5.64. The second-order valence-electron chi connectivity index (χ2n) is 7.13. The third kappa shape index (κ3) is 4.56. The molecule has 1 aromatic rings. The molecule has 0 aliphatic carbocycles. The first kappa shape index (κ1) is 18.4. The van der Waals surface area contributed by atoms with Crippen LogP contribution in [0.4, 0.5) is 0 Å². The van der Waals surface area contributed by atoms with Crippen LogP contribution in [0.25, 0.3) is 0 Å². The van der Waals surface area contributed by atoms with Crippen LogP contribution in [0.1, 0.15) is 48.2 Å². The smallest absolute Gasteiger partial charge is 0.345 e. The number of amides is 2. The van der Waals surface area contributed by atoms with E-state index in [2.05, 4.69) is 5.32 Å². The third-order valence-electron chi connectivity index (χ3n) is 4.03. The normalized spacial score (nSPS) is 18.3. The van der Waals surface area contributed by atoms with Crippen molar-refractivity contribution in [3.63, 3.8) is 0 Å². The van der Waals surface area contributed by atoms with Crippen molar-refractivity contribution in [2.45, 2.75) is 40.2 Å². The molecule has 2 heterocycles. The van der Waals surface area contributed by atoms with Crippen molar-refractivity contribution in [2.24, 2.45) is 11.3 Å². The monoisotopic (exact) mass is 352 g/mol. The molecular formula is C17H24N2O4S. The average Bonchev–Trinajstić information content (AvgIpc) is 3.00. The number of carbonyl (C=O) groups excluding carboxylic acids is 2. The van der Waals surface area contributed by atoms with Crippen LogP contribution in [0, 0.1) is 11.3 Å². The molecule has 1 saturated heterocycles. The first-order valence-corrected chi connectivity index (χ1v) is 8.89. The molecule has 2 N–H and O–H groups in total. The van der Waals surface area contributed by atoms with Crippen molar-refractivity contribution >= 4 is 29.1 Å². The number of nitrogens with zero attached hydrogens (tertiary/aromatic N) is 1. The van der Waals surface area contributed by atoms with Crippen molar-refractivity contribution in [1.82, 2.24) is 10.2 Å². The number of carboxylic acid groups (broad SMARTS) is 1. The van der Waals surface area contributed by atoms with Crippen LogP contribution in [0.2, 0.25) is 0 Å². The minimum atomic E-state index is -0.957. The van der Waals surface area contributed by atoms with Gasteiger partial charge in [0.25, 0.3) is 0 Å². The van der Waals surface area contributed by atoms with Gasteiger partial charge in [0.2, 0.25) is 11.8 Å². The third-order valence-corrected chi connectivity index (χ3v) is 5.10. The van der Waals surface area contributed by atoms with Crippen molar-refractivity contribution < 1.29 is 19.5 Å². The highest BCUT2D eigenvalue weighted by molar-refractivity contribution is 7.13. The summed E-state index contributed by atoms with van der Waals surface area (Å²) in [6, 6.07) is 3.25. The molecule has 0 aromatic carbocycles. The summed E-state index contributed by atoms with van der Waals surface area (Å²) in [4.78, 5) is 38.5. The molecule has 0 bridgehead atoms. The quantitative estimate of drug-likeness (QED) is 0.871. The molecule has 24 heavy (non-hydrogen) atoms. The fraction of sp³-hybridized carbons (Fsp3) is 0.588. The fourth-order valence-electron chi connectivity index (χ4n) is 2.76. The van der Waals surface area contributed by atoms with Gasteiger partial charge in [0.1, 0.15) is 4.88 Å². The molecule has 0 saturated carbocycles. The summed E-state index contributed by atoms with van der Waals surface area (Å²) in [6.45, 7) is 7.13. The Morgan fingerprint density at radius 1 is 1.33 bits per heavy atom. The largest absolute Gasteiger partial charge is 0.477 e. The molecule has 6 nitrogen and oxygen atoms in total. The number of likely N-dealkylation sites (tertiary alicyclic amines) is 1. The van der Waals surface area contributed by atoms with Gasteiger partial charge >= 0.3 is 5.97 Å². The van der Waals surface area contributed by atoms with Gasteiger partial charge in [-0.3, -0.25) is 9.59 Å². The molecule has 2 amide bonds. The van der Waals surface area contributed by atoms with E-state index in [9.17, 15) is 14.4 Å². The first-order valence-electron chi connectivity index (χ1n) is 8.07. The molecule has 1 aliphatic rings. The second kappa shape index (κ2) is 7.34. The van der Waals surface area contributed by atoms with Crippen molar-refractivity contribution in [3.05, 3.63) is 21.9 Å². The van der Waals surface area contributed by atoms with Gasteiger partial charge in [0, 0.05) is 23.4 Å². The zero-order valence-electron chi connectivity index (χ0n) is 14.3. The molecule has 132 valence electrons. The SMILES string of the molecule is CC(C)(C)C(=O)N1CCCC(C(=O)NCc2ccc(C(=O)O)s2)C1. The van der Waals surface area contributed by atoms with E-state index < -0.39 is 11.4 Å². The number of nitrogens with one attached hydrogen (secondary N) is 1. The number of carboxylic acids is 1. The molecule has 0 radical (unpaired) electrons. The number of aromatic carboxylic acids is 1. The van der Waals surface area contributed by atoms with Crippen molar-refractivity contribution in [2.75, 3.05) is 13.1 Å². The van der Waals surface area contributed by atoms with Crippen LogP contribution >= 0.6 is 11.3 Å². The van der Waals surface area contributed by atoms with E-state index in [1.54, 1.807) is 17.0 Å². The van der Waals surface area contributed by atoms with Crippen LogP contribution in [0.3, 0.4) is 0 Å². The van der Waals surface area contributed by atoms with Crippen LogP contribution in [0.15, 0.2) is 12.1 Å². The number of carbonyl (C=O) groups is 3. The molecule has 7 heteroatoms. The number of hydrogen-bond donors (Lipinski definition) is 2. The Bertz CT molecular complexity index is 633. The Morgan fingerprint density at radius 3 is 2.62 bits per heavy atom. The van der Waals surface area contributed by atoms with E-state index in [-0.39, 0.29) is 22.6 Å². The van der Waals surface area contributed by atoms with Gasteiger partial charge in [-0.2, -0.15) is 0 Å². The van der Waals surface area contributed by atoms with Crippen molar-refractivity contribution in [1.29, 1.82) is 0 Å². The highest BCUT2D eigenvalue weighted by Crippen LogP contribution is 2.24. The Morgan fingerprint density at radius 2 is 2.04 bits per heavy atom. The predicted molar refractivity (Wildman–Crippen MR) is 91.9 cm³/mol. The minimum absolute atomic E-state index is 0.0735. The van der Waals surface area contributed by atoms with Gasteiger partial charge in [0.05, 0.1) is 12.5 Å². The van der Waals surface area contributed by atoms with Crippen LogP contribution in [0.5, 0.6) is 0 Å². The standard InChI is InChI=1S/C17H24N2O4S/c1-17(2,3)16(23)19-8-4-5-11(10-19)14(20)18-9-12-6-7-13(24-12)15(21)22/h6-7,11H,4-5,8-10H2,1-3H3,(H,18,20)(H,21,22). The number of thiophene rings is 1. The fourth-order valence-corrected chi connectivity index (χ4v) is 3.54. The molecule has 0 spiro atoms. The number of hydrogen-bond acceptors (Lipinski definition) is 4. The maximum Gasteiger partial charge on any atom is 0.345 e. The maximum atomic E-state index is 12.4. The molecule has 1 aliphatic heterocycles. The topological polar surface area (TPSA) is 86.7 Å². The number of piperidine rings is 1. The first-order chi connectivity index (χ1) is 11.2. The highest BCUT2D eigenvalue weighted by Gasteiger charge is 2.33. The lowest BCUT2D eigenvalue weighted by Gasteiger charge is -2.35. The van der Waals surface area contributed by atoms with Gasteiger partial charge in [0.15, 0.2) is 0 Å². The van der Waals surface area contributed by atoms with E-state index in [1.807, 2.05) is 20.8 Å². The summed E-state index contributed by atoms with van der Waals surface area (Å²) in [7, 11) is 0. The summed E-state index contributed by atoms with van der Waals surface area (Å²) >= 11 is 1.16. The van der Waals surface area contributed by atoms with Crippen LogP contribution in [-0.2, 0) is 16.1 Å². The maximum absolute atomic E-state index is 12.4. The summed E-state index contributed by atoms with van der Waals surface area (Å²) in [5, 5.41) is 11.8. The minimum Gasteiger partial charge on any atom is -0.477 e. The Labute approximate surface area is 145 Å². The summed E-state index contributed by atoms with van der Waals surface area (Å²) in [5.74, 6) is -1.17. The average molecular weight is 352 g/mol. The van der Waals surface area contributed by atoms with E-state index in [1.165, 1.54) is 0 Å². The van der Waals surface area contributed by atoms with Crippen LogP contribution in [-0.4, -0.2) is 40.9 Å². The number of rotatable bonds is 4. The molecule has 1 fully saturated rings. The Balaban J connectivity index is 1.89. The lowest BCUT2D eigenvalue weighted by molar-refractivity contribution is -0.142. The zero-order valence-corrected chi connectivity index (χ0v) is 15.1. The van der Waals surface area contributed by atoms with E-state index in [0.717, 1.165) is 29.1 Å². The van der Waals surface area contributed by atoms with Crippen LogP contribution < -0.4 is 5.32 Å². The molecular weight excluding hydrogens is 328 g/mol. The lowest BCUT2D eigenvalue weighted by atomic mass is 9.91. The van der Waals surface area contributed by atoms with E-state index >= 15 is 0 Å². The van der Waals surface area contributed by atoms with Gasteiger partial charge in [-0.05, 0) is 25.0 Å². The summed E-state index contributed by atoms with van der Waals surface area (Å²) < 4.78 is 0. The lowest BCUT2D eigenvalue weighted by Crippen LogP contribution is -2.48. The Hall–Kier alpha value is -1.89. The van der Waals surface area contributed by atoms with E-state index in [4.69, 9.17) is 5.11 Å². The second-order valence-corrected chi connectivity index (χ2v) is 8.30. The summed E-state index contributed by atoms with van der Waals surface area (Å²) in [5.41, 5.74) is -0.442. The van der Waals surface area contributed by atoms with Gasteiger partial charge in [-0.15, -0.1) is 11.3 Å². The highest BCUT2D eigenvalue weighted by atomic mass is 32.1. The molecule has 1 unspecified atom stereocenters. The molecule has 2 rings (SSSR count). The molecule has 1 atom stereocenters. The predicted octanol–water partition coefficient (Wildman–Crippen LogP) is 2.35.